The molecule has 2 aliphatic heterocycles. The van der Waals surface area contributed by atoms with Crippen molar-refractivity contribution in [3.8, 4) is 0 Å². The zero-order valence-corrected chi connectivity index (χ0v) is 16.3. The Kier molecular flexibility index (Phi) is 3.81. The molecule has 0 aromatic heterocycles. The van der Waals surface area contributed by atoms with Crippen LogP contribution in [0, 0.1) is 0 Å². The highest BCUT2D eigenvalue weighted by Gasteiger charge is 2.60. The number of likely N-dealkylation sites (N-methyl/N-ethyl adjacent to an activating group) is 1. The average molecular weight is 405 g/mol. The number of hydrogen-bond acceptors (Lipinski definition) is 3. The van der Waals surface area contributed by atoms with Crippen LogP contribution in [0.2, 0.25) is 5.02 Å². The van der Waals surface area contributed by atoms with E-state index in [1.807, 2.05) is 30.3 Å². The first kappa shape index (κ1) is 17.9. The molecule has 0 bridgehead atoms. The number of rotatable bonds is 2. The van der Waals surface area contributed by atoms with Crippen molar-refractivity contribution in [3.63, 3.8) is 0 Å². The molecule has 5 rings (SSSR count). The van der Waals surface area contributed by atoms with Gasteiger partial charge in [-0.2, -0.15) is 0 Å². The number of para-hydroxylation sites is 2. The lowest BCUT2D eigenvalue weighted by atomic mass is 9.78. The van der Waals surface area contributed by atoms with Crippen LogP contribution >= 0.6 is 11.6 Å². The number of carbonyl (C=O) groups excluding carboxylic acids is 2. The van der Waals surface area contributed by atoms with Gasteiger partial charge < -0.3 is 10.0 Å². The first-order valence-corrected chi connectivity index (χ1v) is 9.61. The summed E-state index contributed by atoms with van der Waals surface area (Å²) in [4.78, 5) is 29.9. The van der Waals surface area contributed by atoms with Gasteiger partial charge in [0.05, 0.1) is 5.69 Å². The van der Waals surface area contributed by atoms with Gasteiger partial charge >= 0.3 is 0 Å². The van der Waals surface area contributed by atoms with E-state index in [4.69, 9.17) is 11.6 Å². The Morgan fingerprint density at radius 3 is 2.38 bits per heavy atom. The summed E-state index contributed by atoms with van der Waals surface area (Å²) in [6, 6.07) is 21.2. The number of benzene rings is 3. The van der Waals surface area contributed by atoms with Crippen molar-refractivity contribution in [3.05, 3.63) is 88.9 Å². The van der Waals surface area contributed by atoms with Crippen molar-refractivity contribution < 1.29 is 14.7 Å². The van der Waals surface area contributed by atoms with Gasteiger partial charge in [-0.1, -0.05) is 48.0 Å². The maximum Gasteiger partial charge on any atom is 0.269 e. The molecule has 0 aliphatic carbocycles. The lowest BCUT2D eigenvalue weighted by molar-refractivity contribution is -0.143. The number of carbonyl (C=O) groups is 2. The van der Waals surface area contributed by atoms with Gasteiger partial charge in [0, 0.05) is 29.0 Å². The Morgan fingerprint density at radius 2 is 1.62 bits per heavy atom. The summed E-state index contributed by atoms with van der Waals surface area (Å²) in [6.45, 7) is 0. The third kappa shape index (κ3) is 2.32. The molecule has 2 unspecified atom stereocenters. The van der Waals surface area contributed by atoms with Crippen LogP contribution in [0.1, 0.15) is 17.0 Å². The number of hydrogen-bond donors (Lipinski definition) is 1. The summed E-state index contributed by atoms with van der Waals surface area (Å²) >= 11 is 6.23. The molecular formula is C23H17ClN2O3. The Bertz CT molecular complexity index is 1160. The van der Waals surface area contributed by atoms with E-state index < -0.39 is 17.4 Å². The molecule has 0 saturated heterocycles. The van der Waals surface area contributed by atoms with Crippen molar-refractivity contribution in [1.29, 1.82) is 0 Å². The fraction of sp³-hybridized carbons (Fsp3) is 0.130. The van der Waals surface area contributed by atoms with E-state index in [9.17, 15) is 14.7 Å². The first-order valence-electron chi connectivity index (χ1n) is 9.23. The van der Waals surface area contributed by atoms with Crippen molar-refractivity contribution in [1.82, 2.24) is 0 Å². The SMILES string of the molecule is CN1C(=O)C(C2(O)C(=O)N(c3ccccc3)c3ccc(Cl)cc32)c2ccccc21. The molecule has 2 atom stereocenters. The molecule has 2 amide bonds. The average Bonchev–Trinajstić information content (AvgIpc) is 3.12. The second-order valence-electron chi connectivity index (χ2n) is 7.29. The molecule has 0 radical (unpaired) electrons. The van der Waals surface area contributed by atoms with Gasteiger partial charge in [0.2, 0.25) is 5.91 Å². The molecule has 29 heavy (non-hydrogen) atoms. The molecule has 0 fully saturated rings. The highest BCUT2D eigenvalue weighted by atomic mass is 35.5. The second kappa shape index (κ2) is 6.17. The third-order valence-corrected chi connectivity index (χ3v) is 5.99. The van der Waals surface area contributed by atoms with Gasteiger partial charge in [-0.05, 0) is 42.0 Å². The van der Waals surface area contributed by atoms with E-state index in [0.717, 1.165) is 0 Å². The standard InChI is InChI=1S/C23H17ClN2O3/c1-25-18-10-6-5-9-16(18)20(21(25)27)23(29)17-13-14(24)11-12-19(17)26(22(23)28)15-7-3-2-4-8-15/h2-13,20,29H,1H3. The number of fused-ring (bicyclic) bond motifs is 2. The quantitative estimate of drug-likeness (QED) is 0.703. The number of nitrogens with zero attached hydrogens (tertiary/aromatic N) is 2. The summed E-state index contributed by atoms with van der Waals surface area (Å²) in [5, 5.41) is 12.3. The van der Waals surface area contributed by atoms with E-state index in [1.165, 1.54) is 9.80 Å². The van der Waals surface area contributed by atoms with Gasteiger partial charge in [-0.25, -0.2) is 0 Å². The normalized spacial score (nSPS) is 22.8. The minimum absolute atomic E-state index is 0.331. The van der Waals surface area contributed by atoms with Crippen LogP contribution in [0.15, 0.2) is 72.8 Å². The summed E-state index contributed by atoms with van der Waals surface area (Å²) < 4.78 is 0. The van der Waals surface area contributed by atoms with Gasteiger partial charge in [0.25, 0.3) is 5.91 Å². The number of aliphatic hydroxyl groups is 1. The monoisotopic (exact) mass is 404 g/mol. The molecule has 1 N–H and O–H groups in total. The maximum atomic E-state index is 13.7. The summed E-state index contributed by atoms with van der Waals surface area (Å²) in [6.07, 6.45) is 0. The fourth-order valence-electron chi connectivity index (χ4n) is 4.40. The highest BCUT2D eigenvalue weighted by Crippen LogP contribution is 2.55. The molecule has 3 aromatic carbocycles. The third-order valence-electron chi connectivity index (χ3n) is 5.76. The van der Waals surface area contributed by atoms with Gasteiger partial charge in [0.1, 0.15) is 5.92 Å². The van der Waals surface area contributed by atoms with E-state index >= 15 is 0 Å². The highest BCUT2D eigenvalue weighted by molar-refractivity contribution is 6.31. The van der Waals surface area contributed by atoms with E-state index in [1.54, 1.807) is 49.5 Å². The largest absolute Gasteiger partial charge is 0.374 e. The molecule has 2 heterocycles. The van der Waals surface area contributed by atoms with Gasteiger partial charge in [0.15, 0.2) is 5.60 Å². The van der Waals surface area contributed by atoms with Crippen LogP contribution in [0.3, 0.4) is 0 Å². The number of amides is 2. The Hall–Kier alpha value is -3.15. The zero-order valence-electron chi connectivity index (χ0n) is 15.5. The molecular weight excluding hydrogens is 388 g/mol. The smallest absolute Gasteiger partial charge is 0.269 e. The van der Waals surface area contributed by atoms with Crippen LogP contribution in [-0.2, 0) is 15.2 Å². The Labute approximate surface area is 172 Å². The van der Waals surface area contributed by atoms with Crippen LogP contribution in [0.25, 0.3) is 0 Å². The van der Waals surface area contributed by atoms with Crippen molar-refractivity contribution in [2.45, 2.75) is 11.5 Å². The maximum absolute atomic E-state index is 13.7. The molecule has 5 nitrogen and oxygen atoms in total. The molecule has 0 spiro atoms. The van der Waals surface area contributed by atoms with Crippen molar-refractivity contribution in [2.24, 2.45) is 0 Å². The molecule has 144 valence electrons. The molecule has 0 saturated carbocycles. The van der Waals surface area contributed by atoms with Crippen molar-refractivity contribution >= 4 is 40.5 Å². The van der Waals surface area contributed by atoms with Crippen LogP contribution in [-0.4, -0.2) is 24.0 Å². The minimum Gasteiger partial charge on any atom is -0.374 e. The topological polar surface area (TPSA) is 60.9 Å². The number of halogens is 1. The van der Waals surface area contributed by atoms with Gasteiger partial charge in [-0.15, -0.1) is 0 Å². The second-order valence-corrected chi connectivity index (χ2v) is 7.73. The van der Waals surface area contributed by atoms with E-state index in [-0.39, 0.29) is 5.91 Å². The zero-order chi connectivity index (χ0) is 20.3. The van der Waals surface area contributed by atoms with Gasteiger partial charge in [-0.3, -0.25) is 14.5 Å². The summed E-state index contributed by atoms with van der Waals surface area (Å²) in [7, 11) is 1.65. The molecule has 6 heteroatoms. The summed E-state index contributed by atoms with van der Waals surface area (Å²) in [5.41, 5.74) is 0.718. The Morgan fingerprint density at radius 1 is 0.931 bits per heavy atom. The molecule has 2 aliphatic rings. The number of anilines is 3. The minimum atomic E-state index is -2.06. The van der Waals surface area contributed by atoms with Crippen LogP contribution < -0.4 is 9.80 Å². The predicted molar refractivity (Wildman–Crippen MR) is 112 cm³/mol. The first-order chi connectivity index (χ1) is 13.9. The predicted octanol–water partition coefficient (Wildman–Crippen LogP) is 3.97. The van der Waals surface area contributed by atoms with E-state index in [0.29, 0.717) is 33.2 Å². The fourth-order valence-corrected chi connectivity index (χ4v) is 4.57. The lowest BCUT2D eigenvalue weighted by Crippen LogP contribution is -2.46. The summed E-state index contributed by atoms with van der Waals surface area (Å²) in [5.74, 6) is -1.95. The Balaban J connectivity index is 1.77. The molecule has 3 aromatic rings. The van der Waals surface area contributed by atoms with Crippen molar-refractivity contribution in [2.75, 3.05) is 16.8 Å². The van der Waals surface area contributed by atoms with E-state index in [2.05, 4.69) is 0 Å². The van der Waals surface area contributed by atoms with Crippen LogP contribution in [0.5, 0.6) is 0 Å². The van der Waals surface area contributed by atoms with Crippen LogP contribution in [0.4, 0.5) is 17.1 Å². The lowest BCUT2D eigenvalue weighted by Gasteiger charge is -2.28.